The molecule has 1 aliphatic rings. The third-order valence-electron chi connectivity index (χ3n) is 3.21. The Labute approximate surface area is 111 Å². The third kappa shape index (κ3) is 2.64. The van der Waals surface area contributed by atoms with Gasteiger partial charge in [-0.2, -0.15) is 5.26 Å². The van der Waals surface area contributed by atoms with Gasteiger partial charge in [0.1, 0.15) is 6.07 Å². The Hall–Kier alpha value is -2.19. The molecule has 1 aromatic heterocycles. The zero-order valence-electron chi connectivity index (χ0n) is 10.6. The lowest BCUT2D eigenvalue weighted by Gasteiger charge is -2.10. The predicted octanol–water partition coefficient (Wildman–Crippen LogP) is 1.67. The van der Waals surface area contributed by atoms with E-state index in [1.54, 1.807) is 0 Å². The summed E-state index contributed by atoms with van der Waals surface area (Å²) in [6.45, 7) is 1.67. The molecule has 19 heavy (non-hydrogen) atoms. The van der Waals surface area contributed by atoms with Crippen molar-refractivity contribution in [1.29, 1.82) is 5.26 Å². The monoisotopic (exact) mass is 253 g/mol. The molecule has 96 valence electrons. The quantitative estimate of drug-likeness (QED) is 0.793. The van der Waals surface area contributed by atoms with E-state index in [-0.39, 0.29) is 0 Å². The van der Waals surface area contributed by atoms with Crippen LogP contribution in [-0.2, 0) is 0 Å². The maximum atomic E-state index is 9.12. The van der Waals surface area contributed by atoms with Crippen LogP contribution in [0.4, 0.5) is 5.69 Å². The Kier molecular flexibility index (Phi) is 3.25. The molecule has 1 heterocycles. The van der Waals surface area contributed by atoms with E-state index in [0.717, 1.165) is 29.7 Å². The molecule has 2 N–H and O–H groups in total. The lowest BCUT2D eigenvalue weighted by molar-refractivity contribution is 0.701. The molecule has 0 atom stereocenters. The van der Waals surface area contributed by atoms with Crippen LogP contribution in [0.1, 0.15) is 18.5 Å². The van der Waals surface area contributed by atoms with E-state index in [1.165, 1.54) is 12.8 Å². The van der Waals surface area contributed by atoms with Gasteiger partial charge in [0.15, 0.2) is 5.69 Å². The normalized spacial score (nSPS) is 14.3. The second kappa shape index (κ2) is 5.21. The zero-order chi connectivity index (χ0) is 13.1. The fourth-order valence-electron chi connectivity index (χ4n) is 2.06. The van der Waals surface area contributed by atoms with Crippen LogP contribution < -0.4 is 10.6 Å². The van der Waals surface area contributed by atoms with Crippen LogP contribution >= 0.6 is 0 Å². The van der Waals surface area contributed by atoms with Gasteiger partial charge in [-0.15, -0.1) is 10.2 Å². The highest BCUT2D eigenvalue weighted by Crippen LogP contribution is 2.23. The van der Waals surface area contributed by atoms with E-state index in [9.17, 15) is 0 Å². The number of aromatic nitrogens is 2. The molecular weight excluding hydrogens is 238 g/mol. The van der Waals surface area contributed by atoms with Gasteiger partial charge >= 0.3 is 0 Å². The summed E-state index contributed by atoms with van der Waals surface area (Å²) in [4.78, 5) is 0. The average molecular weight is 253 g/mol. The Morgan fingerprint density at radius 2 is 2.05 bits per heavy atom. The number of benzene rings is 1. The first-order valence-electron chi connectivity index (χ1n) is 6.51. The van der Waals surface area contributed by atoms with Crippen molar-refractivity contribution in [2.45, 2.75) is 18.9 Å². The van der Waals surface area contributed by atoms with Crippen molar-refractivity contribution in [3.63, 3.8) is 0 Å². The number of hydrogen-bond donors (Lipinski definition) is 2. The Morgan fingerprint density at radius 1 is 1.21 bits per heavy atom. The maximum Gasteiger partial charge on any atom is 0.186 e. The predicted molar refractivity (Wildman–Crippen MR) is 73.8 cm³/mol. The third-order valence-corrected chi connectivity index (χ3v) is 3.21. The fourth-order valence-corrected chi connectivity index (χ4v) is 2.06. The first-order chi connectivity index (χ1) is 9.38. The number of fused-ring (bicyclic) bond motifs is 1. The van der Waals surface area contributed by atoms with Gasteiger partial charge in [-0.1, -0.05) is 18.2 Å². The standard InChI is InChI=1S/C14H15N5/c15-9-13-14(17-8-7-16-10-5-6-10)11-3-1-2-4-12(11)18-19-13/h1-4,10,16H,5-8H2,(H,17,18). The lowest BCUT2D eigenvalue weighted by atomic mass is 10.1. The second-order valence-corrected chi connectivity index (χ2v) is 4.71. The van der Waals surface area contributed by atoms with Crippen molar-refractivity contribution in [3.8, 4) is 6.07 Å². The molecule has 3 rings (SSSR count). The minimum Gasteiger partial charge on any atom is -0.381 e. The molecule has 0 spiro atoms. The highest BCUT2D eigenvalue weighted by Gasteiger charge is 2.19. The van der Waals surface area contributed by atoms with Crippen LogP contribution in [0.2, 0.25) is 0 Å². The number of nitrogens with zero attached hydrogens (tertiary/aromatic N) is 3. The number of rotatable bonds is 5. The summed E-state index contributed by atoms with van der Waals surface area (Å²) in [6, 6.07) is 10.5. The smallest absolute Gasteiger partial charge is 0.186 e. The van der Waals surface area contributed by atoms with Crippen molar-refractivity contribution >= 4 is 16.6 Å². The molecule has 5 nitrogen and oxygen atoms in total. The molecule has 1 saturated carbocycles. The summed E-state index contributed by atoms with van der Waals surface area (Å²) in [6.07, 6.45) is 2.56. The number of anilines is 1. The van der Waals surface area contributed by atoms with Crippen LogP contribution in [0.3, 0.4) is 0 Å². The van der Waals surface area contributed by atoms with E-state index in [1.807, 2.05) is 24.3 Å². The largest absolute Gasteiger partial charge is 0.381 e. The molecule has 0 radical (unpaired) electrons. The summed E-state index contributed by atoms with van der Waals surface area (Å²) in [5.41, 5.74) is 1.94. The highest BCUT2D eigenvalue weighted by atomic mass is 15.1. The maximum absolute atomic E-state index is 9.12. The van der Waals surface area contributed by atoms with Crippen molar-refractivity contribution in [2.24, 2.45) is 0 Å². The lowest BCUT2D eigenvalue weighted by Crippen LogP contribution is -2.24. The summed E-state index contributed by atoms with van der Waals surface area (Å²) in [5.74, 6) is 0. The number of hydrogen-bond acceptors (Lipinski definition) is 5. The van der Waals surface area contributed by atoms with Crippen LogP contribution in [0, 0.1) is 11.3 Å². The van der Waals surface area contributed by atoms with Crippen molar-refractivity contribution in [3.05, 3.63) is 30.0 Å². The SMILES string of the molecule is N#Cc1nnc2ccccc2c1NCCNC1CC1. The first kappa shape index (κ1) is 11.9. The Balaban J connectivity index is 1.80. The molecule has 0 unspecified atom stereocenters. The minimum atomic E-state index is 0.352. The molecule has 1 aromatic carbocycles. The van der Waals surface area contributed by atoms with E-state index < -0.39 is 0 Å². The summed E-state index contributed by atoms with van der Waals surface area (Å²) in [5, 5.41) is 24.8. The van der Waals surface area contributed by atoms with E-state index >= 15 is 0 Å². The van der Waals surface area contributed by atoms with Crippen molar-refractivity contribution in [2.75, 3.05) is 18.4 Å². The molecular formula is C14H15N5. The minimum absolute atomic E-state index is 0.352. The van der Waals surface area contributed by atoms with Gasteiger partial charge in [-0.25, -0.2) is 0 Å². The molecule has 0 aliphatic heterocycles. The van der Waals surface area contributed by atoms with Crippen LogP contribution in [0.25, 0.3) is 10.9 Å². The van der Waals surface area contributed by atoms with Gasteiger partial charge in [0.25, 0.3) is 0 Å². The molecule has 0 bridgehead atoms. The van der Waals surface area contributed by atoms with E-state index in [0.29, 0.717) is 11.7 Å². The van der Waals surface area contributed by atoms with Crippen molar-refractivity contribution < 1.29 is 0 Å². The topological polar surface area (TPSA) is 73.6 Å². The van der Waals surface area contributed by atoms with Gasteiger partial charge in [-0.05, 0) is 18.9 Å². The molecule has 0 saturated heterocycles. The van der Waals surface area contributed by atoms with Crippen LogP contribution in [0.15, 0.2) is 24.3 Å². The molecule has 0 amide bonds. The number of nitriles is 1. The van der Waals surface area contributed by atoms with Crippen LogP contribution in [0.5, 0.6) is 0 Å². The second-order valence-electron chi connectivity index (χ2n) is 4.71. The van der Waals surface area contributed by atoms with Crippen molar-refractivity contribution in [1.82, 2.24) is 15.5 Å². The number of nitrogens with one attached hydrogen (secondary N) is 2. The van der Waals surface area contributed by atoms with Gasteiger partial charge in [-0.3, -0.25) is 0 Å². The van der Waals surface area contributed by atoms with E-state index in [2.05, 4.69) is 26.9 Å². The van der Waals surface area contributed by atoms with Gasteiger partial charge in [0.05, 0.1) is 11.2 Å². The average Bonchev–Trinajstić information content (AvgIpc) is 3.27. The highest BCUT2D eigenvalue weighted by molar-refractivity contribution is 5.92. The molecule has 1 fully saturated rings. The summed E-state index contributed by atoms with van der Waals surface area (Å²) >= 11 is 0. The summed E-state index contributed by atoms with van der Waals surface area (Å²) < 4.78 is 0. The Bertz CT molecular complexity index is 627. The zero-order valence-corrected chi connectivity index (χ0v) is 10.6. The first-order valence-corrected chi connectivity index (χ1v) is 6.51. The van der Waals surface area contributed by atoms with Gasteiger partial charge in [0, 0.05) is 24.5 Å². The van der Waals surface area contributed by atoms with E-state index in [4.69, 9.17) is 5.26 Å². The fraction of sp³-hybridized carbons (Fsp3) is 0.357. The molecule has 1 aliphatic carbocycles. The molecule has 5 heteroatoms. The van der Waals surface area contributed by atoms with Crippen LogP contribution in [-0.4, -0.2) is 29.3 Å². The Morgan fingerprint density at radius 3 is 2.84 bits per heavy atom. The molecule has 2 aromatic rings. The van der Waals surface area contributed by atoms with Gasteiger partial charge < -0.3 is 10.6 Å². The van der Waals surface area contributed by atoms with Gasteiger partial charge in [0.2, 0.25) is 0 Å². The summed E-state index contributed by atoms with van der Waals surface area (Å²) in [7, 11) is 0.